The topological polar surface area (TPSA) is 90.4 Å². The third-order valence-corrected chi connectivity index (χ3v) is 8.74. The number of nitrogens with zero attached hydrogens (tertiary/aromatic N) is 3. The first-order chi connectivity index (χ1) is 19.7. The van der Waals surface area contributed by atoms with Gasteiger partial charge in [0.15, 0.2) is 0 Å². The van der Waals surface area contributed by atoms with E-state index in [1.54, 1.807) is 11.9 Å². The van der Waals surface area contributed by atoms with Gasteiger partial charge in [-0.15, -0.1) is 0 Å². The van der Waals surface area contributed by atoms with Crippen molar-refractivity contribution in [2.75, 3.05) is 33.3 Å². The highest BCUT2D eigenvalue weighted by Crippen LogP contribution is 2.34. The number of hydrogen-bond acceptors (Lipinski definition) is 5. The smallest absolute Gasteiger partial charge is 0.326 e. The van der Waals surface area contributed by atoms with Gasteiger partial charge in [0.1, 0.15) is 12.4 Å². The maximum atomic E-state index is 12.3. The SMILES string of the molecule is CCC(c1ccc(Cl)cc1)N(Cc1ccc(OCCN2C(=O)CCN(C)C2=O)c(C)c1)CC1CCC(C(=O)O)CC1. The third kappa shape index (κ3) is 8.01. The monoisotopic (exact) mass is 583 g/mol. The fourth-order valence-corrected chi connectivity index (χ4v) is 6.22. The zero-order valence-corrected chi connectivity index (χ0v) is 25.1. The number of aliphatic carboxylic acids is 1. The zero-order chi connectivity index (χ0) is 29.5. The number of imide groups is 1. The molecule has 0 aromatic heterocycles. The van der Waals surface area contributed by atoms with Gasteiger partial charge < -0.3 is 14.7 Å². The predicted molar refractivity (Wildman–Crippen MR) is 159 cm³/mol. The number of carboxylic acids is 1. The zero-order valence-electron chi connectivity index (χ0n) is 24.4. The molecule has 2 aliphatic rings. The largest absolute Gasteiger partial charge is 0.491 e. The summed E-state index contributed by atoms with van der Waals surface area (Å²) in [6, 6.07) is 14.2. The molecule has 1 N–H and O–H groups in total. The van der Waals surface area contributed by atoms with Gasteiger partial charge in [-0.05, 0) is 79.8 Å². The van der Waals surface area contributed by atoms with Gasteiger partial charge in [-0.3, -0.25) is 19.4 Å². The number of benzene rings is 2. The molecule has 2 aromatic carbocycles. The molecule has 1 saturated carbocycles. The highest BCUT2D eigenvalue weighted by Gasteiger charge is 2.30. The lowest BCUT2D eigenvalue weighted by Crippen LogP contribution is -2.51. The van der Waals surface area contributed by atoms with E-state index in [-0.39, 0.29) is 37.0 Å². The van der Waals surface area contributed by atoms with Crippen molar-refractivity contribution in [1.29, 1.82) is 0 Å². The van der Waals surface area contributed by atoms with Crippen molar-refractivity contribution < 1.29 is 24.2 Å². The van der Waals surface area contributed by atoms with Crippen LogP contribution < -0.4 is 4.74 Å². The number of hydrogen-bond donors (Lipinski definition) is 1. The summed E-state index contributed by atoms with van der Waals surface area (Å²) in [6.07, 6.45) is 4.60. The molecule has 1 aliphatic carbocycles. The highest BCUT2D eigenvalue weighted by molar-refractivity contribution is 6.30. The summed E-state index contributed by atoms with van der Waals surface area (Å²) in [4.78, 5) is 41.3. The number of amides is 3. The van der Waals surface area contributed by atoms with Crippen LogP contribution in [0.15, 0.2) is 42.5 Å². The van der Waals surface area contributed by atoms with Crippen molar-refractivity contribution in [2.45, 2.75) is 65.0 Å². The van der Waals surface area contributed by atoms with Gasteiger partial charge >= 0.3 is 12.0 Å². The molecule has 2 fully saturated rings. The Kier molecular flexibility index (Phi) is 10.7. The van der Waals surface area contributed by atoms with Crippen molar-refractivity contribution in [3.05, 3.63) is 64.2 Å². The van der Waals surface area contributed by atoms with Gasteiger partial charge in [0, 0.05) is 44.2 Å². The van der Waals surface area contributed by atoms with Crippen LogP contribution in [0.3, 0.4) is 0 Å². The number of aryl methyl sites for hydroxylation is 1. The van der Waals surface area contributed by atoms with Crippen molar-refractivity contribution >= 4 is 29.5 Å². The molecular weight excluding hydrogens is 542 g/mol. The Labute approximate surface area is 248 Å². The van der Waals surface area contributed by atoms with Gasteiger partial charge in [0.25, 0.3) is 0 Å². The van der Waals surface area contributed by atoms with Crippen LogP contribution in [-0.4, -0.2) is 71.0 Å². The van der Waals surface area contributed by atoms with E-state index >= 15 is 0 Å². The Bertz CT molecular complexity index is 1210. The molecule has 1 saturated heterocycles. The van der Waals surface area contributed by atoms with Crippen LogP contribution in [0.5, 0.6) is 5.75 Å². The lowest BCUT2D eigenvalue weighted by Gasteiger charge is -2.36. The molecule has 0 spiro atoms. The molecule has 41 heavy (non-hydrogen) atoms. The standard InChI is InChI=1S/C32H42ClN3O5/c1-4-28(25-10-12-27(33)13-11-25)35(20-23-5-8-26(9-6-23)31(38)39)21-24-7-14-29(22(2)19-24)41-18-17-36-30(37)15-16-34(3)32(36)40/h7,10-14,19,23,26,28H,4-6,8-9,15-18,20-21H2,1-3H3,(H,38,39). The first kappa shape index (κ1) is 30.8. The van der Waals surface area contributed by atoms with Crippen LogP contribution in [0.4, 0.5) is 4.79 Å². The van der Waals surface area contributed by atoms with Gasteiger partial charge in [-0.2, -0.15) is 0 Å². The van der Waals surface area contributed by atoms with Crippen LogP contribution in [0.2, 0.25) is 5.02 Å². The van der Waals surface area contributed by atoms with E-state index in [4.69, 9.17) is 16.3 Å². The second-order valence-electron chi connectivity index (χ2n) is 11.4. The lowest BCUT2D eigenvalue weighted by molar-refractivity contribution is -0.143. The third-order valence-electron chi connectivity index (χ3n) is 8.49. The highest BCUT2D eigenvalue weighted by atomic mass is 35.5. The molecule has 4 rings (SSSR count). The molecule has 222 valence electrons. The number of rotatable bonds is 12. The fraction of sp³-hybridized carbons (Fsp3) is 0.531. The van der Waals surface area contributed by atoms with Crippen LogP contribution in [0.1, 0.15) is 68.2 Å². The van der Waals surface area contributed by atoms with Gasteiger partial charge in [-0.25, -0.2) is 4.79 Å². The number of halogens is 1. The Morgan fingerprint density at radius 2 is 1.83 bits per heavy atom. The average molecular weight is 584 g/mol. The molecule has 1 heterocycles. The molecule has 8 nitrogen and oxygen atoms in total. The molecular formula is C32H42ClN3O5. The summed E-state index contributed by atoms with van der Waals surface area (Å²) >= 11 is 6.19. The van der Waals surface area contributed by atoms with Crippen molar-refractivity contribution in [3.8, 4) is 5.75 Å². The van der Waals surface area contributed by atoms with Crippen molar-refractivity contribution in [1.82, 2.24) is 14.7 Å². The normalized spacial score (nSPS) is 20.4. The van der Waals surface area contributed by atoms with Gasteiger partial charge in [-0.1, -0.05) is 42.8 Å². The summed E-state index contributed by atoms with van der Waals surface area (Å²) in [5.41, 5.74) is 3.39. The second-order valence-corrected chi connectivity index (χ2v) is 11.8. The van der Waals surface area contributed by atoms with Crippen molar-refractivity contribution in [2.24, 2.45) is 11.8 Å². The Morgan fingerprint density at radius 3 is 2.46 bits per heavy atom. The maximum absolute atomic E-state index is 12.3. The molecule has 0 bridgehead atoms. The van der Waals surface area contributed by atoms with Crippen LogP contribution in [0, 0.1) is 18.8 Å². The Hall–Kier alpha value is -3.10. The Balaban J connectivity index is 1.44. The van der Waals surface area contributed by atoms with Crippen LogP contribution in [-0.2, 0) is 16.1 Å². The van der Waals surface area contributed by atoms with E-state index < -0.39 is 5.97 Å². The molecule has 1 atom stereocenters. The molecule has 2 aromatic rings. The minimum atomic E-state index is -0.674. The predicted octanol–water partition coefficient (Wildman–Crippen LogP) is 6.16. The van der Waals surface area contributed by atoms with E-state index in [0.29, 0.717) is 18.9 Å². The van der Waals surface area contributed by atoms with Crippen molar-refractivity contribution in [3.63, 3.8) is 0 Å². The molecule has 0 radical (unpaired) electrons. The van der Waals surface area contributed by atoms with E-state index in [1.807, 2.05) is 25.1 Å². The van der Waals surface area contributed by atoms with E-state index in [9.17, 15) is 19.5 Å². The average Bonchev–Trinajstić information content (AvgIpc) is 2.95. The van der Waals surface area contributed by atoms with Crippen LogP contribution >= 0.6 is 11.6 Å². The summed E-state index contributed by atoms with van der Waals surface area (Å²) in [5.74, 6) is 0.135. The fourth-order valence-electron chi connectivity index (χ4n) is 6.10. The van der Waals surface area contributed by atoms with E-state index in [1.165, 1.54) is 16.0 Å². The first-order valence-electron chi connectivity index (χ1n) is 14.7. The maximum Gasteiger partial charge on any atom is 0.326 e. The molecule has 3 amide bonds. The number of carboxylic acid groups (broad SMARTS) is 1. The molecule has 9 heteroatoms. The summed E-state index contributed by atoms with van der Waals surface area (Å²) in [5, 5.41) is 10.2. The lowest BCUT2D eigenvalue weighted by atomic mass is 9.81. The van der Waals surface area contributed by atoms with Gasteiger partial charge in [0.05, 0.1) is 12.5 Å². The number of urea groups is 1. The van der Waals surface area contributed by atoms with E-state index in [2.05, 4.69) is 36.1 Å². The summed E-state index contributed by atoms with van der Waals surface area (Å²) in [7, 11) is 1.70. The first-order valence-corrected chi connectivity index (χ1v) is 15.0. The quantitative estimate of drug-likeness (QED) is 0.322. The minimum Gasteiger partial charge on any atom is -0.491 e. The second kappa shape index (κ2) is 14.2. The van der Waals surface area contributed by atoms with E-state index in [0.717, 1.165) is 61.5 Å². The molecule has 1 aliphatic heterocycles. The Morgan fingerprint density at radius 1 is 1.12 bits per heavy atom. The number of carbonyl (C=O) groups is 3. The molecule has 1 unspecified atom stereocenters. The summed E-state index contributed by atoms with van der Waals surface area (Å²) in [6.45, 7) is 6.78. The van der Waals surface area contributed by atoms with Gasteiger partial charge in [0.2, 0.25) is 5.91 Å². The summed E-state index contributed by atoms with van der Waals surface area (Å²) < 4.78 is 5.99. The van der Waals surface area contributed by atoms with Crippen LogP contribution in [0.25, 0.3) is 0 Å². The number of carbonyl (C=O) groups excluding carboxylic acids is 2. The minimum absolute atomic E-state index is 0.161. The number of ether oxygens (including phenoxy) is 1.